The van der Waals surface area contributed by atoms with Crippen LogP contribution in [0.3, 0.4) is 0 Å². The second-order valence-corrected chi connectivity index (χ2v) is 4.01. The maximum Gasteiger partial charge on any atom is 0.0617 e. The SMILES string of the molecule is CCC(C)(O)CCC(C)CCO. The zero-order valence-electron chi connectivity index (χ0n) is 8.51. The molecule has 0 radical (unpaired) electrons. The van der Waals surface area contributed by atoms with Crippen LogP contribution in [0, 0.1) is 5.92 Å². The van der Waals surface area contributed by atoms with Crippen molar-refractivity contribution >= 4 is 0 Å². The molecule has 0 aliphatic rings. The molecule has 2 unspecified atom stereocenters. The van der Waals surface area contributed by atoms with Crippen LogP contribution in [-0.4, -0.2) is 22.4 Å². The molecule has 0 rings (SSSR count). The van der Waals surface area contributed by atoms with E-state index in [2.05, 4.69) is 6.92 Å². The number of hydrogen-bond acceptors (Lipinski definition) is 2. The molecule has 0 aliphatic heterocycles. The van der Waals surface area contributed by atoms with E-state index in [1.54, 1.807) is 0 Å². The van der Waals surface area contributed by atoms with Crippen molar-refractivity contribution in [1.29, 1.82) is 0 Å². The van der Waals surface area contributed by atoms with Gasteiger partial charge < -0.3 is 10.2 Å². The van der Waals surface area contributed by atoms with Crippen LogP contribution in [0.25, 0.3) is 0 Å². The van der Waals surface area contributed by atoms with Crippen LogP contribution in [0.1, 0.15) is 46.5 Å². The lowest BCUT2D eigenvalue weighted by Crippen LogP contribution is -2.23. The predicted octanol–water partition coefficient (Wildman–Crippen LogP) is 1.95. The monoisotopic (exact) mass is 174 g/mol. The second-order valence-electron chi connectivity index (χ2n) is 4.01. The molecule has 0 saturated carbocycles. The summed E-state index contributed by atoms with van der Waals surface area (Å²) in [7, 11) is 0. The molecule has 0 aromatic rings. The van der Waals surface area contributed by atoms with Crippen molar-refractivity contribution in [2.24, 2.45) is 5.92 Å². The van der Waals surface area contributed by atoms with Gasteiger partial charge in [-0.2, -0.15) is 0 Å². The van der Waals surface area contributed by atoms with Crippen molar-refractivity contribution < 1.29 is 10.2 Å². The molecular formula is C10H22O2. The lowest BCUT2D eigenvalue weighted by atomic mass is 9.91. The van der Waals surface area contributed by atoms with Gasteiger partial charge in [-0.15, -0.1) is 0 Å². The van der Waals surface area contributed by atoms with Crippen LogP contribution in [-0.2, 0) is 0 Å². The highest BCUT2D eigenvalue weighted by atomic mass is 16.3. The van der Waals surface area contributed by atoms with Gasteiger partial charge in [-0.05, 0) is 38.5 Å². The van der Waals surface area contributed by atoms with E-state index >= 15 is 0 Å². The summed E-state index contributed by atoms with van der Waals surface area (Å²) in [5.41, 5.74) is -0.510. The third kappa shape index (κ3) is 5.56. The molecule has 12 heavy (non-hydrogen) atoms. The first-order chi connectivity index (χ1) is 5.52. The van der Waals surface area contributed by atoms with Gasteiger partial charge in [-0.1, -0.05) is 13.8 Å². The standard InChI is InChI=1S/C10H22O2/c1-4-10(3,12)7-5-9(2)6-8-11/h9,11-12H,4-8H2,1-3H3. The minimum Gasteiger partial charge on any atom is -0.396 e. The molecule has 0 bridgehead atoms. The van der Waals surface area contributed by atoms with Gasteiger partial charge in [0.05, 0.1) is 5.60 Å². The largest absolute Gasteiger partial charge is 0.396 e. The Bertz CT molecular complexity index is 110. The Morgan fingerprint density at radius 1 is 1.33 bits per heavy atom. The van der Waals surface area contributed by atoms with E-state index in [4.69, 9.17) is 5.11 Å². The Morgan fingerprint density at radius 3 is 2.33 bits per heavy atom. The number of hydrogen-bond donors (Lipinski definition) is 2. The van der Waals surface area contributed by atoms with E-state index in [-0.39, 0.29) is 6.61 Å². The van der Waals surface area contributed by atoms with Gasteiger partial charge in [0.25, 0.3) is 0 Å². The molecule has 0 fully saturated rings. The van der Waals surface area contributed by atoms with E-state index in [0.29, 0.717) is 5.92 Å². The minimum atomic E-state index is -0.510. The van der Waals surface area contributed by atoms with E-state index in [1.165, 1.54) is 0 Å². The van der Waals surface area contributed by atoms with Gasteiger partial charge in [0.2, 0.25) is 0 Å². The van der Waals surface area contributed by atoms with E-state index < -0.39 is 5.60 Å². The first-order valence-corrected chi connectivity index (χ1v) is 4.85. The zero-order valence-corrected chi connectivity index (χ0v) is 8.51. The van der Waals surface area contributed by atoms with Crippen molar-refractivity contribution in [3.05, 3.63) is 0 Å². The Hall–Kier alpha value is -0.0800. The van der Waals surface area contributed by atoms with Crippen molar-refractivity contribution in [3.8, 4) is 0 Å². The van der Waals surface area contributed by atoms with E-state index in [1.807, 2.05) is 13.8 Å². The highest BCUT2D eigenvalue weighted by Crippen LogP contribution is 2.20. The molecule has 2 atom stereocenters. The van der Waals surface area contributed by atoms with Gasteiger partial charge in [-0.25, -0.2) is 0 Å². The first-order valence-electron chi connectivity index (χ1n) is 4.85. The Morgan fingerprint density at radius 2 is 1.92 bits per heavy atom. The zero-order chi connectivity index (χ0) is 9.61. The normalized spacial score (nSPS) is 18.8. The number of aliphatic hydroxyl groups excluding tert-OH is 1. The van der Waals surface area contributed by atoms with Crippen molar-refractivity contribution in [1.82, 2.24) is 0 Å². The van der Waals surface area contributed by atoms with E-state index in [0.717, 1.165) is 25.7 Å². The van der Waals surface area contributed by atoms with Crippen molar-refractivity contribution in [3.63, 3.8) is 0 Å². The second kappa shape index (κ2) is 5.55. The van der Waals surface area contributed by atoms with Crippen molar-refractivity contribution in [2.45, 2.75) is 52.1 Å². The summed E-state index contributed by atoms with van der Waals surface area (Å²) < 4.78 is 0. The van der Waals surface area contributed by atoms with Gasteiger partial charge in [0.15, 0.2) is 0 Å². The van der Waals surface area contributed by atoms with Crippen LogP contribution >= 0.6 is 0 Å². The molecule has 0 heterocycles. The minimum absolute atomic E-state index is 0.259. The van der Waals surface area contributed by atoms with Crippen LogP contribution in [0.2, 0.25) is 0 Å². The number of aliphatic hydroxyl groups is 2. The third-order valence-electron chi connectivity index (χ3n) is 2.56. The van der Waals surface area contributed by atoms with Crippen molar-refractivity contribution in [2.75, 3.05) is 6.61 Å². The maximum absolute atomic E-state index is 9.68. The van der Waals surface area contributed by atoms with Gasteiger partial charge in [0, 0.05) is 6.61 Å². The summed E-state index contributed by atoms with van der Waals surface area (Å²) in [5.74, 6) is 0.521. The predicted molar refractivity (Wildman–Crippen MR) is 51.0 cm³/mol. The van der Waals surface area contributed by atoms with Crippen LogP contribution in [0.15, 0.2) is 0 Å². The highest BCUT2D eigenvalue weighted by molar-refractivity contribution is 4.71. The van der Waals surface area contributed by atoms with Gasteiger partial charge >= 0.3 is 0 Å². The Balaban J connectivity index is 3.52. The van der Waals surface area contributed by atoms with E-state index in [9.17, 15) is 5.11 Å². The highest BCUT2D eigenvalue weighted by Gasteiger charge is 2.17. The first kappa shape index (κ1) is 11.9. The molecule has 0 spiro atoms. The summed E-state index contributed by atoms with van der Waals surface area (Å²) in [5, 5.41) is 18.3. The van der Waals surface area contributed by atoms with Gasteiger partial charge in [-0.3, -0.25) is 0 Å². The topological polar surface area (TPSA) is 40.5 Å². The summed E-state index contributed by atoms with van der Waals surface area (Å²) in [6.45, 7) is 6.24. The molecule has 0 aromatic carbocycles. The quantitative estimate of drug-likeness (QED) is 0.646. The Labute approximate surface area is 75.6 Å². The maximum atomic E-state index is 9.68. The molecule has 74 valence electrons. The molecule has 0 aromatic heterocycles. The summed E-state index contributed by atoms with van der Waals surface area (Å²) in [6, 6.07) is 0. The summed E-state index contributed by atoms with van der Waals surface area (Å²) in [6.07, 6.45) is 3.49. The van der Waals surface area contributed by atoms with Crippen LogP contribution < -0.4 is 0 Å². The molecule has 0 saturated heterocycles. The average molecular weight is 174 g/mol. The van der Waals surface area contributed by atoms with Crippen LogP contribution in [0.5, 0.6) is 0 Å². The fourth-order valence-electron chi connectivity index (χ4n) is 1.10. The molecule has 0 aliphatic carbocycles. The smallest absolute Gasteiger partial charge is 0.0617 e. The van der Waals surface area contributed by atoms with Gasteiger partial charge in [0.1, 0.15) is 0 Å². The number of rotatable bonds is 6. The summed E-state index contributed by atoms with van der Waals surface area (Å²) >= 11 is 0. The summed E-state index contributed by atoms with van der Waals surface area (Å²) in [4.78, 5) is 0. The molecular weight excluding hydrogens is 152 g/mol. The fourth-order valence-corrected chi connectivity index (χ4v) is 1.10. The molecule has 0 amide bonds. The van der Waals surface area contributed by atoms with Crippen LogP contribution in [0.4, 0.5) is 0 Å². The fraction of sp³-hybridized carbons (Fsp3) is 1.00. The molecule has 2 N–H and O–H groups in total. The molecule has 2 nitrogen and oxygen atoms in total. The Kier molecular flexibility index (Phi) is 5.51. The lowest BCUT2D eigenvalue weighted by molar-refractivity contribution is 0.0398. The average Bonchev–Trinajstić information content (AvgIpc) is 2.02. The third-order valence-corrected chi connectivity index (χ3v) is 2.56. The lowest BCUT2D eigenvalue weighted by Gasteiger charge is -2.22. The molecule has 2 heteroatoms.